The van der Waals surface area contributed by atoms with E-state index < -0.39 is 0 Å². The number of halogens is 1. The van der Waals surface area contributed by atoms with Gasteiger partial charge in [-0.05, 0) is 56.0 Å². The molecule has 1 aliphatic heterocycles. The van der Waals surface area contributed by atoms with Gasteiger partial charge in [-0.2, -0.15) is 0 Å². The van der Waals surface area contributed by atoms with Gasteiger partial charge in [-0.3, -0.25) is 4.79 Å². The number of amides is 1. The summed E-state index contributed by atoms with van der Waals surface area (Å²) >= 11 is 5.99. The maximum atomic E-state index is 12.7. The summed E-state index contributed by atoms with van der Waals surface area (Å²) < 4.78 is 0. The lowest BCUT2D eigenvalue weighted by atomic mass is 9.99. The number of carbonyl (C=O) groups excluding carboxylic acids is 1. The minimum Gasteiger partial charge on any atom is -0.354 e. The highest BCUT2D eigenvalue weighted by molar-refractivity contribution is 6.30. The number of carbonyl (C=O) groups is 1. The number of rotatable bonds is 4. The van der Waals surface area contributed by atoms with Crippen LogP contribution in [-0.2, 0) is 0 Å². The number of anilines is 2. The fourth-order valence-corrected chi connectivity index (χ4v) is 3.36. The van der Waals surface area contributed by atoms with E-state index in [2.05, 4.69) is 17.2 Å². The summed E-state index contributed by atoms with van der Waals surface area (Å²) in [5.41, 5.74) is 2.23. The molecule has 1 aromatic carbocycles. The Bertz CT molecular complexity index is 702. The van der Waals surface area contributed by atoms with Gasteiger partial charge >= 0.3 is 0 Å². The first-order chi connectivity index (χ1) is 11.7. The number of pyridine rings is 1. The fraction of sp³-hybridized carbons (Fsp3) is 0.368. The van der Waals surface area contributed by atoms with Crippen molar-refractivity contribution in [2.24, 2.45) is 0 Å². The second-order valence-corrected chi connectivity index (χ2v) is 6.56. The molecule has 1 unspecified atom stereocenters. The molecule has 4 nitrogen and oxygen atoms in total. The van der Waals surface area contributed by atoms with Crippen LogP contribution in [0.5, 0.6) is 0 Å². The standard InChI is InChI=1S/C19H22ClN3O/c1-2-17-8-3-4-11-23(17)19(24)18-10-9-16(13-21-18)22-15-7-5-6-14(20)12-15/h5-7,9-10,12-13,17,22H,2-4,8,11H2,1H3. The molecule has 1 aromatic heterocycles. The average Bonchev–Trinajstić information content (AvgIpc) is 2.62. The first-order valence-electron chi connectivity index (χ1n) is 8.47. The number of hydrogen-bond donors (Lipinski definition) is 1. The molecular weight excluding hydrogens is 322 g/mol. The lowest BCUT2D eigenvalue weighted by Crippen LogP contribution is -2.43. The number of benzene rings is 1. The third kappa shape index (κ3) is 3.88. The monoisotopic (exact) mass is 343 g/mol. The summed E-state index contributed by atoms with van der Waals surface area (Å²) in [5.74, 6) is 0.0378. The Kier molecular flexibility index (Phi) is 5.36. The molecule has 1 saturated heterocycles. The maximum Gasteiger partial charge on any atom is 0.272 e. The van der Waals surface area contributed by atoms with Gasteiger partial charge in [-0.15, -0.1) is 0 Å². The Hall–Kier alpha value is -2.07. The van der Waals surface area contributed by atoms with E-state index in [1.165, 1.54) is 6.42 Å². The zero-order chi connectivity index (χ0) is 16.9. The number of likely N-dealkylation sites (tertiary alicyclic amines) is 1. The van der Waals surface area contributed by atoms with Crippen molar-refractivity contribution < 1.29 is 4.79 Å². The van der Waals surface area contributed by atoms with Crippen molar-refractivity contribution in [3.8, 4) is 0 Å². The molecule has 0 aliphatic carbocycles. The van der Waals surface area contributed by atoms with Gasteiger partial charge in [0.15, 0.2) is 0 Å². The largest absolute Gasteiger partial charge is 0.354 e. The van der Waals surface area contributed by atoms with Gasteiger partial charge in [0.25, 0.3) is 5.91 Å². The van der Waals surface area contributed by atoms with E-state index >= 15 is 0 Å². The highest BCUT2D eigenvalue weighted by Crippen LogP contribution is 2.23. The first-order valence-corrected chi connectivity index (χ1v) is 8.85. The minimum atomic E-state index is 0.0378. The summed E-state index contributed by atoms with van der Waals surface area (Å²) in [5, 5.41) is 3.91. The summed E-state index contributed by atoms with van der Waals surface area (Å²) in [6.07, 6.45) is 6.07. The molecular formula is C19H22ClN3O. The molecule has 0 radical (unpaired) electrons. The predicted octanol–water partition coefficient (Wildman–Crippen LogP) is 4.88. The zero-order valence-corrected chi connectivity index (χ0v) is 14.6. The van der Waals surface area contributed by atoms with Crippen LogP contribution in [0.4, 0.5) is 11.4 Å². The highest BCUT2D eigenvalue weighted by atomic mass is 35.5. The van der Waals surface area contributed by atoms with Gasteiger partial charge in [0.2, 0.25) is 0 Å². The second-order valence-electron chi connectivity index (χ2n) is 6.12. The van der Waals surface area contributed by atoms with Gasteiger partial charge in [0.1, 0.15) is 5.69 Å². The van der Waals surface area contributed by atoms with Crippen LogP contribution >= 0.6 is 11.6 Å². The SMILES string of the molecule is CCC1CCCCN1C(=O)c1ccc(Nc2cccc(Cl)c2)cn1. The van der Waals surface area contributed by atoms with Crippen LogP contribution in [-0.4, -0.2) is 28.4 Å². The quantitative estimate of drug-likeness (QED) is 0.860. The van der Waals surface area contributed by atoms with Crippen molar-refractivity contribution >= 4 is 28.9 Å². The fourth-order valence-electron chi connectivity index (χ4n) is 3.17. The molecule has 5 heteroatoms. The van der Waals surface area contributed by atoms with Crippen molar-refractivity contribution in [1.29, 1.82) is 0 Å². The summed E-state index contributed by atoms with van der Waals surface area (Å²) in [7, 11) is 0. The minimum absolute atomic E-state index is 0.0378. The molecule has 126 valence electrons. The van der Waals surface area contributed by atoms with E-state index in [0.717, 1.165) is 37.2 Å². The van der Waals surface area contributed by atoms with Gasteiger partial charge in [0, 0.05) is 23.3 Å². The number of nitrogens with one attached hydrogen (secondary N) is 1. The Morgan fingerprint density at radius 1 is 1.29 bits per heavy atom. The van der Waals surface area contributed by atoms with Crippen LogP contribution in [0.25, 0.3) is 0 Å². The van der Waals surface area contributed by atoms with Crippen LogP contribution in [0.1, 0.15) is 43.1 Å². The number of piperidine rings is 1. The number of nitrogens with zero attached hydrogens (tertiary/aromatic N) is 2. The molecule has 2 heterocycles. The third-order valence-corrected chi connectivity index (χ3v) is 4.69. The molecule has 1 aliphatic rings. The van der Waals surface area contributed by atoms with Crippen LogP contribution in [0.15, 0.2) is 42.6 Å². The van der Waals surface area contributed by atoms with Gasteiger partial charge in [0.05, 0.1) is 11.9 Å². The van der Waals surface area contributed by atoms with Crippen molar-refractivity contribution in [2.75, 3.05) is 11.9 Å². The van der Waals surface area contributed by atoms with Crippen molar-refractivity contribution in [3.63, 3.8) is 0 Å². The number of hydrogen-bond acceptors (Lipinski definition) is 3. The average molecular weight is 344 g/mol. The Morgan fingerprint density at radius 3 is 2.88 bits per heavy atom. The molecule has 0 spiro atoms. The van der Waals surface area contributed by atoms with E-state index in [1.807, 2.05) is 35.2 Å². The summed E-state index contributed by atoms with van der Waals surface area (Å²) in [6.45, 7) is 2.98. The predicted molar refractivity (Wildman–Crippen MR) is 97.9 cm³/mol. The van der Waals surface area contributed by atoms with Gasteiger partial charge in [-0.1, -0.05) is 24.6 Å². The Labute approximate surface area is 147 Å². The topological polar surface area (TPSA) is 45.2 Å². The highest BCUT2D eigenvalue weighted by Gasteiger charge is 2.26. The molecule has 2 aromatic rings. The van der Waals surface area contributed by atoms with Crippen LogP contribution in [0, 0.1) is 0 Å². The summed E-state index contributed by atoms with van der Waals surface area (Å²) in [6, 6.07) is 11.5. The smallest absolute Gasteiger partial charge is 0.272 e. The van der Waals surface area contributed by atoms with Crippen LogP contribution in [0.3, 0.4) is 0 Å². The molecule has 0 saturated carbocycles. The van der Waals surface area contributed by atoms with Crippen molar-refractivity contribution in [2.45, 2.75) is 38.6 Å². The van der Waals surface area contributed by atoms with Crippen LogP contribution < -0.4 is 5.32 Å². The van der Waals surface area contributed by atoms with Gasteiger partial charge < -0.3 is 10.2 Å². The second kappa shape index (κ2) is 7.67. The molecule has 1 amide bonds. The lowest BCUT2D eigenvalue weighted by Gasteiger charge is -2.35. The van der Waals surface area contributed by atoms with E-state index in [1.54, 1.807) is 12.3 Å². The maximum absolute atomic E-state index is 12.7. The van der Waals surface area contributed by atoms with Gasteiger partial charge in [-0.25, -0.2) is 4.98 Å². The van der Waals surface area contributed by atoms with Crippen LogP contribution in [0.2, 0.25) is 5.02 Å². The normalized spacial score (nSPS) is 17.6. The Morgan fingerprint density at radius 2 is 2.17 bits per heavy atom. The van der Waals surface area contributed by atoms with E-state index in [4.69, 9.17) is 11.6 Å². The third-order valence-electron chi connectivity index (χ3n) is 4.46. The first kappa shape index (κ1) is 16.8. The summed E-state index contributed by atoms with van der Waals surface area (Å²) in [4.78, 5) is 19.0. The molecule has 1 atom stereocenters. The molecule has 3 rings (SSSR count). The zero-order valence-electron chi connectivity index (χ0n) is 13.8. The Balaban J connectivity index is 1.70. The molecule has 1 N–H and O–H groups in total. The molecule has 1 fully saturated rings. The van der Waals surface area contributed by atoms with E-state index in [0.29, 0.717) is 16.8 Å². The van der Waals surface area contributed by atoms with E-state index in [9.17, 15) is 4.79 Å². The lowest BCUT2D eigenvalue weighted by molar-refractivity contribution is 0.0602. The molecule has 24 heavy (non-hydrogen) atoms. The van der Waals surface area contributed by atoms with Crippen molar-refractivity contribution in [1.82, 2.24) is 9.88 Å². The van der Waals surface area contributed by atoms with Crippen molar-refractivity contribution in [3.05, 3.63) is 53.3 Å². The number of aromatic nitrogens is 1. The van der Waals surface area contributed by atoms with E-state index in [-0.39, 0.29) is 5.91 Å². The molecule has 0 bridgehead atoms.